The lowest BCUT2D eigenvalue weighted by atomic mass is 10.1. The maximum absolute atomic E-state index is 12.1. The second kappa shape index (κ2) is 9.38. The molecule has 150 valence electrons. The summed E-state index contributed by atoms with van der Waals surface area (Å²) >= 11 is 1.12. The largest absolute Gasteiger partial charge is 0.411 e. The molecule has 2 amide bonds. The molecule has 0 aliphatic heterocycles. The van der Waals surface area contributed by atoms with Crippen LogP contribution in [0.2, 0.25) is 0 Å². The zero-order chi connectivity index (χ0) is 20.8. The molecule has 0 saturated carbocycles. The molecule has 3 rings (SSSR count). The summed E-state index contributed by atoms with van der Waals surface area (Å²) in [5.74, 6) is -0.0924. The Morgan fingerprint density at radius 1 is 1.00 bits per heavy atom. The first-order chi connectivity index (χ1) is 13.9. The van der Waals surface area contributed by atoms with Gasteiger partial charge in [0.25, 0.3) is 5.22 Å². The average Bonchev–Trinajstić information content (AvgIpc) is 3.18. The molecule has 7 nitrogen and oxygen atoms in total. The van der Waals surface area contributed by atoms with Crippen LogP contribution in [0.4, 0.5) is 5.69 Å². The van der Waals surface area contributed by atoms with Gasteiger partial charge in [0.05, 0.1) is 12.3 Å². The summed E-state index contributed by atoms with van der Waals surface area (Å²) in [4.78, 5) is 24.1. The van der Waals surface area contributed by atoms with Gasteiger partial charge in [-0.3, -0.25) is 9.59 Å². The highest BCUT2D eigenvalue weighted by Crippen LogP contribution is 2.23. The first-order valence-electron chi connectivity index (χ1n) is 9.08. The average molecular weight is 410 g/mol. The highest BCUT2D eigenvalue weighted by atomic mass is 32.2. The van der Waals surface area contributed by atoms with Crippen molar-refractivity contribution in [3.8, 4) is 11.5 Å². The monoisotopic (exact) mass is 410 g/mol. The molecule has 0 fully saturated rings. The number of nitrogens with one attached hydrogen (secondary N) is 2. The summed E-state index contributed by atoms with van der Waals surface area (Å²) in [6.45, 7) is 5.81. The highest BCUT2D eigenvalue weighted by Gasteiger charge is 2.12. The quantitative estimate of drug-likeness (QED) is 0.579. The number of carbonyl (C=O) groups excluding carboxylic acids is 2. The minimum atomic E-state index is -0.291. The molecule has 2 N–H and O–H groups in total. The third-order valence-corrected chi connectivity index (χ3v) is 5.18. The van der Waals surface area contributed by atoms with E-state index in [-0.39, 0.29) is 24.1 Å². The van der Waals surface area contributed by atoms with Crippen LogP contribution in [0.3, 0.4) is 0 Å². The molecule has 1 aromatic heterocycles. The van der Waals surface area contributed by atoms with Crippen LogP contribution in [0.15, 0.2) is 52.1 Å². The van der Waals surface area contributed by atoms with Gasteiger partial charge in [0.15, 0.2) is 0 Å². The van der Waals surface area contributed by atoms with Crippen LogP contribution in [0.25, 0.3) is 11.5 Å². The Morgan fingerprint density at radius 2 is 1.76 bits per heavy atom. The summed E-state index contributed by atoms with van der Waals surface area (Å²) in [5, 5.41) is 13.6. The van der Waals surface area contributed by atoms with E-state index in [1.54, 1.807) is 0 Å². The van der Waals surface area contributed by atoms with Crippen LogP contribution in [0, 0.1) is 20.8 Å². The standard InChI is InChI=1S/C21H22N4O3S/c1-13-7-9-16(10-8-13)20-24-25-21(28-20)29-12-19(27)22-11-18(26)23-17-6-4-5-14(2)15(17)3/h4-10H,11-12H2,1-3H3,(H,22,27)(H,23,26). The molecule has 0 unspecified atom stereocenters. The molecule has 2 aromatic carbocycles. The van der Waals surface area contributed by atoms with Crippen molar-refractivity contribution in [2.45, 2.75) is 26.0 Å². The third-order valence-electron chi connectivity index (χ3n) is 4.36. The van der Waals surface area contributed by atoms with Crippen molar-refractivity contribution in [2.24, 2.45) is 0 Å². The molecule has 0 aliphatic rings. The van der Waals surface area contributed by atoms with Gasteiger partial charge in [-0.25, -0.2) is 0 Å². The normalized spacial score (nSPS) is 10.6. The first-order valence-corrected chi connectivity index (χ1v) is 10.1. The maximum atomic E-state index is 12.1. The molecule has 0 atom stereocenters. The zero-order valence-corrected chi connectivity index (χ0v) is 17.3. The summed E-state index contributed by atoms with van der Waals surface area (Å²) in [6.07, 6.45) is 0. The van der Waals surface area contributed by atoms with Crippen molar-refractivity contribution >= 4 is 29.3 Å². The van der Waals surface area contributed by atoms with Crippen molar-refractivity contribution in [3.63, 3.8) is 0 Å². The molecule has 8 heteroatoms. The van der Waals surface area contributed by atoms with E-state index in [1.807, 2.05) is 63.2 Å². The molecule has 0 bridgehead atoms. The van der Waals surface area contributed by atoms with Crippen LogP contribution in [0.5, 0.6) is 0 Å². The van der Waals surface area contributed by atoms with Crippen LogP contribution in [-0.4, -0.2) is 34.3 Å². The lowest BCUT2D eigenvalue weighted by Crippen LogP contribution is -2.34. The van der Waals surface area contributed by atoms with E-state index in [0.29, 0.717) is 11.1 Å². The van der Waals surface area contributed by atoms with Gasteiger partial charge in [-0.15, -0.1) is 10.2 Å². The molecule has 0 spiro atoms. The van der Waals surface area contributed by atoms with E-state index in [1.165, 1.54) is 0 Å². The van der Waals surface area contributed by atoms with Gasteiger partial charge in [-0.1, -0.05) is 41.6 Å². The number of amides is 2. The Hall–Kier alpha value is -3.13. The Balaban J connectivity index is 1.45. The molecular weight excluding hydrogens is 388 g/mol. The van der Waals surface area contributed by atoms with E-state index < -0.39 is 0 Å². The second-order valence-electron chi connectivity index (χ2n) is 6.60. The number of aromatic nitrogens is 2. The second-order valence-corrected chi connectivity index (χ2v) is 7.53. The van der Waals surface area contributed by atoms with Gasteiger partial charge in [0.2, 0.25) is 17.7 Å². The van der Waals surface area contributed by atoms with Crippen molar-refractivity contribution in [1.29, 1.82) is 0 Å². The molecule has 1 heterocycles. The lowest BCUT2D eigenvalue weighted by molar-refractivity contribution is -0.122. The van der Waals surface area contributed by atoms with E-state index in [9.17, 15) is 9.59 Å². The topological polar surface area (TPSA) is 97.1 Å². The summed E-state index contributed by atoms with van der Waals surface area (Å²) < 4.78 is 5.57. The van der Waals surface area contributed by atoms with E-state index >= 15 is 0 Å². The van der Waals surface area contributed by atoms with Gasteiger partial charge in [-0.2, -0.15) is 0 Å². The maximum Gasteiger partial charge on any atom is 0.277 e. The molecule has 0 radical (unpaired) electrons. The minimum absolute atomic E-state index is 0.0757. The van der Waals surface area contributed by atoms with Gasteiger partial charge >= 0.3 is 0 Å². The fourth-order valence-electron chi connectivity index (χ4n) is 2.52. The van der Waals surface area contributed by atoms with Crippen molar-refractivity contribution < 1.29 is 14.0 Å². The van der Waals surface area contributed by atoms with Gasteiger partial charge in [-0.05, 0) is 50.1 Å². The van der Waals surface area contributed by atoms with Crippen LogP contribution >= 0.6 is 11.8 Å². The van der Waals surface area contributed by atoms with E-state index in [4.69, 9.17) is 4.42 Å². The Labute approximate surface area is 173 Å². The Kier molecular flexibility index (Phi) is 6.66. The molecule has 29 heavy (non-hydrogen) atoms. The zero-order valence-electron chi connectivity index (χ0n) is 16.5. The SMILES string of the molecule is Cc1ccc(-c2nnc(SCC(=O)NCC(=O)Nc3cccc(C)c3C)o2)cc1. The van der Waals surface area contributed by atoms with Crippen molar-refractivity contribution in [2.75, 3.05) is 17.6 Å². The predicted molar refractivity (Wildman–Crippen MR) is 113 cm³/mol. The number of nitrogens with zero attached hydrogens (tertiary/aromatic N) is 2. The third kappa shape index (κ3) is 5.68. The fraction of sp³-hybridized carbons (Fsp3) is 0.238. The molecule has 0 aliphatic carbocycles. The van der Waals surface area contributed by atoms with Crippen molar-refractivity contribution in [3.05, 3.63) is 59.2 Å². The first kappa shape index (κ1) is 20.6. The molecule has 0 saturated heterocycles. The number of thioether (sulfide) groups is 1. The number of carbonyl (C=O) groups is 2. The summed E-state index contributed by atoms with van der Waals surface area (Å²) in [6, 6.07) is 13.4. The van der Waals surface area contributed by atoms with E-state index in [2.05, 4.69) is 20.8 Å². The van der Waals surface area contributed by atoms with Gasteiger partial charge < -0.3 is 15.1 Å². The number of hydrogen-bond acceptors (Lipinski definition) is 6. The number of hydrogen-bond donors (Lipinski definition) is 2. The van der Waals surface area contributed by atoms with Crippen LogP contribution < -0.4 is 10.6 Å². The number of rotatable bonds is 7. The molecule has 3 aromatic rings. The Bertz CT molecular complexity index is 1020. The molecular formula is C21H22N4O3S. The van der Waals surface area contributed by atoms with Crippen LogP contribution in [-0.2, 0) is 9.59 Å². The lowest BCUT2D eigenvalue weighted by Gasteiger charge is -2.10. The van der Waals surface area contributed by atoms with Crippen molar-refractivity contribution in [1.82, 2.24) is 15.5 Å². The minimum Gasteiger partial charge on any atom is -0.411 e. The van der Waals surface area contributed by atoms with Gasteiger partial charge in [0.1, 0.15) is 0 Å². The predicted octanol–water partition coefficient (Wildman–Crippen LogP) is 3.51. The fourth-order valence-corrected chi connectivity index (χ4v) is 3.11. The number of benzene rings is 2. The smallest absolute Gasteiger partial charge is 0.277 e. The number of anilines is 1. The summed E-state index contributed by atoms with van der Waals surface area (Å²) in [5.41, 5.74) is 4.80. The van der Waals surface area contributed by atoms with Crippen LogP contribution in [0.1, 0.15) is 16.7 Å². The Morgan fingerprint density at radius 3 is 2.52 bits per heavy atom. The highest BCUT2D eigenvalue weighted by molar-refractivity contribution is 7.99. The van der Waals surface area contributed by atoms with Gasteiger partial charge in [0, 0.05) is 11.3 Å². The summed E-state index contributed by atoms with van der Waals surface area (Å²) in [7, 11) is 0. The van der Waals surface area contributed by atoms with E-state index in [0.717, 1.165) is 39.7 Å². The number of aryl methyl sites for hydroxylation is 2.